The minimum atomic E-state index is -0.656. The molecule has 4 amide bonds. The molecule has 5 rings (SSSR count). The summed E-state index contributed by atoms with van der Waals surface area (Å²) in [7, 11) is 0. The molecule has 0 aromatic heterocycles. The molecule has 29 heavy (non-hydrogen) atoms. The molecular weight excluding hydrogens is 374 g/mol. The van der Waals surface area contributed by atoms with Crippen molar-refractivity contribution in [1.82, 2.24) is 15.5 Å². The lowest BCUT2D eigenvalue weighted by Gasteiger charge is -2.29. The van der Waals surface area contributed by atoms with E-state index < -0.39 is 18.0 Å². The Balaban J connectivity index is 1.50. The monoisotopic (exact) mass is 391 g/mol. The Kier molecular flexibility index (Phi) is 3.87. The van der Waals surface area contributed by atoms with Crippen molar-refractivity contribution < 1.29 is 23.9 Å². The number of imide groups is 1. The number of benzene rings is 2. The molecule has 0 aliphatic carbocycles. The molecule has 3 aliphatic rings. The molecule has 3 heterocycles. The van der Waals surface area contributed by atoms with E-state index in [4.69, 9.17) is 4.74 Å². The van der Waals surface area contributed by atoms with Gasteiger partial charge in [0.15, 0.2) is 0 Å². The second kappa shape index (κ2) is 6.44. The average molecular weight is 391 g/mol. The predicted octanol–water partition coefficient (Wildman–Crippen LogP) is 1.72. The van der Waals surface area contributed by atoms with Gasteiger partial charge in [0.2, 0.25) is 11.8 Å². The van der Waals surface area contributed by atoms with E-state index in [9.17, 15) is 19.2 Å². The molecule has 0 saturated carbocycles. The summed E-state index contributed by atoms with van der Waals surface area (Å²) in [4.78, 5) is 49.7. The van der Waals surface area contributed by atoms with E-state index in [0.29, 0.717) is 24.3 Å². The van der Waals surface area contributed by atoms with Crippen molar-refractivity contribution >= 4 is 23.8 Å². The normalized spacial score (nSPS) is 20.6. The molecule has 1 saturated heterocycles. The van der Waals surface area contributed by atoms with Crippen molar-refractivity contribution in [3.05, 3.63) is 53.1 Å². The average Bonchev–Trinajstić information content (AvgIpc) is 3.04. The highest BCUT2D eigenvalue weighted by Gasteiger charge is 2.39. The number of carbonyl (C=O) groups excluding carboxylic acids is 4. The molecule has 2 aromatic carbocycles. The molecule has 8 nitrogen and oxygen atoms in total. The zero-order chi connectivity index (χ0) is 20.1. The van der Waals surface area contributed by atoms with Crippen molar-refractivity contribution in [3.8, 4) is 16.9 Å². The van der Waals surface area contributed by atoms with Crippen LogP contribution >= 0.6 is 0 Å². The standard InChI is InChI=1S/C21H17N3O5/c25-18-7-6-16(19(26)23-18)24-10-15-13(2-1-3-14(15)20(24)27)11-4-5-12-9-22-21(28)29-17(12)8-11/h1-5,8,16H,6-7,9-10H2,(H,22,28)(H,23,25,26). The zero-order valence-corrected chi connectivity index (χ0v) is 15.4. The summed E-state index contributed by atoms with van der Waals surface area (Å²) in [5.41, 5.74) is 3.92. The third kappa shape index (κ3) is 2.84. The Morgan fingerprint density at radius 2 is 1.86 bits per heavy atom. The fourth-order valence-electron chi connectivity index (χ4n) is 4.12. The fourth-order valence-corrected chi connectivity index (χ4v) is 4.12. The van der Waals surface area contributed by atoms with Gasteiger partial charge in [0.25, 0.3) is 5.91 Å². The number of amides is 4. The molecule has 0 spiro atoms. The third-order valence-corrected chi connectivity index (χ3v) is 5.59. The smallest absolute Gasteiger partial charge is 0.410 e. The van der Waals surface area contributed by atoms with Crippen LogP contribution in [0.25, 0.3) is 11.1 Å². The second-order valence-corrected chi connectivity index (χ2v) is 7.30. The van der Waals surface area contributed by atoms with E-state index >= 15 is 0 Å². The summed E-state index contributed by atoms with van der Waals surface area (Å²) < 4.78 is 5.26. The van der Waals surface area contributed by atoms with Crippen molar-refractivity contribution in [2.45, 2.75) is 32.0 Å². The molecule has 146 valence electrons. The lowest BCUT2D eigenvalue weighted by molar-refractivity contribution is -0.136. The molecule has 2 N–H and O–H groups in total. The molecule has 0 radical (unpaired) electrons. The molecule has 1 atom stereocenters. The van der Waals surface area contributed by atoms with Crippen LogP contribution in [0.2, 0.25) is 0 Å². The van der Waals surface area contributed by atoms with Crippen LogP contribution in [0, 0.1) is 0 Å². The summed E-state index contributed by atoms with van der Waals surface area (Å²) in [6, 6.07) is 10.4. The molecule has 8 heteroatoms. The van der Waals surface area contributed by atoms with Crippen LogP contribution in [-0.4, -0.2) is 34.8 Å². The Labute approximate surface area is 165 Å². The van der Waals surface area contributed by atoms with Crippen LogP contribution in [0.1, 0.15) is 34.3 Å². The van der Waals surface area contributed by atoms with Gasteiger partial charge in [-0.3, -0.25) is 19.7 Å². The van der Waals surface area contributed by atoms with E-state index in [0.717, 1.165) is 22.3 Å². The first kappa shape index (κ1) is 17.4. The van der Waals surface area contributed by atoms with E-state index in [1.807, 2.05) is 18.2 Å². The van der Waals surface area contributed by atoms with Gasteiger partial charge in [0.05, 0.1) is 0 Å². The van der Waals surface area contributed by atoms with Crippen molar-refractivity contribution in [2.75, 3.05) is 0 Å². The number of nitrogens with one attached hydrogen (secondary N) is 2. The lowest BCUT2D eigenvalue weighted by atomic mass is 9.95. The highest BCUT2D eigenvalue weighted by Crippen LogP contribution is 2.37. The number of hydrogen-bond acceptors (Lipinski definition) is 5. The summed E-state index contributed by atoms with van der Waals surface area (Å²) in [6.45, 7) is 0.693. The van der Waals surface area contributed by atoms with Crippen LogP contribution in [-0.2, 0) is 22.7 Å². The van der Waals surface area contributed by atoms with Crippen LogP contribution in [0.5, 0.6) is 5.75 Å². The summed E-state index contributed by atoms with van der Waals surface area (Å²) >= 11 is 0. The number of carbonyl (C=O) groups is 4. The Morgan fingerprint density at radius 1 is 1.03 bits per heavy atom. The zero-order valence-electron chi connectivity index (χ0n) is 15.4. The van der Waals surface area contributed by atoms with Gasteiger partial charge in [0.1, 0.15) is 11.8 Å². The van der Waals surface area contributed by atoms with E-state index in [-0.39, 0.29) is 24.8 Å². The largest absolute Gasteiger partial charge is 0.412 e. The summed E-state index contributed by atoms with van der Waals surface area (Å²) in [5, 5.41) is 4.93. The number of hydrogen-bond donors (Lipinski definition) is 2. The van der Waals surface area contributed by atoms with Gasteiger partial charge in [-0.2, -0.15) is 0 Å². The first-order valence-electron chi connectivity index (χ1n) is 9.37. The predicted molar refractivity (Wildman–Crippen MR) is 101 cm³/mol. The minimum absolute atomic E-state index is 0.216. The first-order chi connectivity index (χ1) is 14.0. The van der Waals surface area contributed by atoms with Gasteiger partial charge in [-0.1, -0.05) is 24.3 Å². The third-order valence-electron chi connectivity index (χ3n) is 5.59. The maximum atomic E-state index is 13.0. The first-order valence-corrected chi connectivity index (χ1v) is 9.37. The van der Waals surface area contributed by atoms with Crippen LogP contribution in [0.3, 0.4) is 0 Å². The topological polar surface area (TPSA) is 105 Å². The summed E-state index contributed by atoms with van der Waals surface area (Å²) in [6.07, 6.45) is 0.0435. The van der Waals surface area contributed by atoms with Crippen LogP contribution in [0.4, 0.5) is 4.79 Å². The van der Waals surface area contributed by atoms with Gasteiger partial charge in [-0.15, -0.1) is 0 Å². The Morgan fingerprint density at radius 3 is 2.69 bits per heavy atom. The second-order valence-electron chi connectivity index (χ2n) is 7.30. The van der Waals surface area contributed by atoms with Crippen molar-refractivity contribution in [2.24, 2.45) is 0 Å². The molecule has 2 aromatic rings. The van der Waals surface area contributed by atoms with E-state index in [2.05, 4.69) is 10.6 Å². The Hall–Kier alpha value is -3.68. The van der Waals surface area contributed by atoms with Crippen molar-refractivity contribution in [3.63, 3.8) is 0 Å². The highest BCUT2D eigenvalue weighted by atomic mass is 16.6. The number of ether oxygens (including phenoxy) is 1. The lowest BCUT2D eigenvalue weighted by Crippen LogP contribution is -2.52. The number of fused-ring (bicyclic) bond motifs is 2. The SMILES string of the molecule is O=C1CCC(N2Cc3c(cccc3-c3ccc4c(c3)OC(=O)NC4)C2=O)C(=O)N1. The molecule has 1 fully saturated rings. The van der Waals surface area contributed by atoms with E-state index in [1.165, 1.54) is 4.90 Å². The fraction of sp³-hybridized carbons (Fsp3) is 0.238. The van der Waals surface area contributed by atoms with Gasteiger partial charge in [0, 0.05) is 30.6 Å². The molecular formula is C21H17N3O5. The van der Waals surface area contributed by atoms with Gasteiger partial charge >= 0.3 is 6.09 Å². The molecule has 1 unspecified atom stereocenters. The van der Waals surface area contributed by atoms with E-state index in [1.54, 1.807) is 18.2 Å². The maximum Gasteiger partial charge on any atom is 0.412 e. The number of nitrogens with zero attached hydrogens (tertiary/aromatic N) is 1. The maximum absolute atomic E-state index is 13.0. The number of piperidine rings is 1. The Bertz CT molecular complexity index is 1090. The van der Waals surface area contributed by atoms with Crippen LogP contribution < -0.4 is 15.4 Å². The van der Waals surface area contributed by atoms with Gasteiger partial charge < -0.3 is 15.0 Å². The highest BCUT2D eigenvalue weighted by molar-refractivity contribution is 6.06. The molecule has 0 bridgehead atoms. The van der Waals surface area contributed by atoms with Crippen molar-refractivity contribution in [1.29, 1.82) is 0 Å². The van der Waals surface area contributed by atoms with Crippen LogP contribution in [0.15, 0.2) is 36.4 Å². The minimum Gasteiger partial charge on any atom is -0.410 e. The van der Waals surface area contributed by atoms with Gasteiger partial charge in [-0.05, 0) is 35.2 Å². The summed E-state index contributed by atoms with van der Waals surface area (Å²) in [5.74, 6) is -0.466. The van der Waals surface area contributed by atoms with Gasteiger partial charge in [-0.25, -0.2) is 4.79 Å². The number of rotatable bonds is 2. The molecule has 3 aliphatic heterocycles. The quantitative estimate of drug-likeness (QED) is 0.759.